The van der Waals surface area contributed by atoms with Crippen LogP contribution < -0.4 is 10.7 Å². The molecule has 0 aliphatic heterocycles. The largest absolute Gasteiger partial charge is 0.465 e. The van der Waals surface area contributed by atoms with Crippen LogP contribution in [0.2, 0.25) is 19.6 Å². The molecule has 0 bridgehead atoms. The van der Waals surface area contributed by atoms with Crippen LogP contribution in [-0.4, -0.2) is 39.4 Å². The zero-order valence-corrected chi connectivity index (χ0v) is 18.7. The summed E-state index contributed by atoms with van der Waals surface area (Å²) in [7, 11) is -1.54. The van der Waals surface area contributed by atoms with Crippen LogP contribution in [0.5, 0.6) is 0 Å². The number of amides is 2. The Morgan fingerprint density at radius 1 is 1.17 bits per heavy atom. The van der Waals surface area contributed by atoms with Crippen LogP contribution in [0.3, 0.4) is 0 Å². The number of urea groups is 1. The molecule has 0 atom stereocenters. The fraction of sp³-hybridized carbons (Fsp3) is 0.400. The van der Waals surface area contributed by atoms with Crippen molar-refractivity contribution < 1.29 is 9.21 Å². The molecule has 0 unspecified atom stereocenters. The van der Waals surface area contributed by atoms with Crippen molar-refractivity contribution in [2.24, 2.45) is 0 Å². The summed E-state index contributed by atoms with van der Waals surface area (Å²) in [5.74, 6) is 1.10. The Morgan fingerprint density at radius 3 is 2.62 bits per heavy atom. The van der Waals surface area contributed by atoms with Gasteiger partial charge < -0.3 is 4.42 Å². The van der Waals surface area contributed by atoms with Crippen LogP contribution in [0.1, 0.15) is 25.7 Å². The van der Waals surface area contributed by atoms with Gasteiger partial charge in [-0.2, -0.15) is 0 Å². The first-order chi connectivity index (χ1) is 13.8. The van der Waals surface area contributed by atoms with Crippen LogP contribution in [-0.2, 0) is 0 Å². The second kappa shape index (κ2) is 7.79. The van der Waals surface area contributed by atoms with Gasteiger partial charge in [-0.15, -0.1) is 0 Å². The minimum atomic E-state index is -1.54. The smallest absolute Gasteiger partial charge is 0.333 e. The monoisotopic (exact) mass is 427 g/mol. The highest BCUT2D eigenvalue weighted by molar-refractivity contribution is 7.78. The van der Waals surface area contributed by atoms with Gasteiger partial charge in [0.15, 0.2) is 11.4 Å². The molecule has 1 fully saturated rings. The zero-order valence-electron chi connectivity index (χ0n) is 16.8. The molecule has 3 aromatic rings. The molecule has 3 heterocycles. The molecule has 9 heteroatoms. The second-order valence-electron chi connectivity index (χ2n) is 8.42. The van der Waals surface area contributed by atoms with E-state index < -0.39 is 8.07 Å². The highest BCUT2D eigenvalue weighted by Crippen LogP contribution is 2.25. The van der Waals surface area contributed by atoms with E-state index in [2.05, 4.69) is 52.7 Å². The van der Waals surface area contributed by atoms with Crippen LogP contribution in [0, 0.1) is 0 Å². The molecule has 0 spiro atoms. The van der Waals surface area contributed by atoms with Gasteiger partial charge in [-0.05, 0) is 37.1 Å². The first-order valence-corrected chi connectivity index (χ1v) is 13.7. The molecule has 1 N–H and O–H groups in total. The Balaban J connectivity index is 1.56. The fourth-order valence-electron chi connectivity index (χ4n) is 3.45. The van der Waals surface area contributed by atoms with E-state index in [1.54, 1.807) is 18.3 Å². The third-order valence-electron chi connectivity index (χ3n) is 5.12. The van der Waals surface area contributed by atoms with E-state index in [0.717, 1.165) is 31.1 Å². The number of aromatic nitrogens is 3. The number of rotatable bonds is 4. The van der Waals surface area contributed by atoms with Crippen molar-refractivity contribution in [1.29, 1.82) is 0 Å². The molecule has 1 aliphatic carbocycles. The number of furan rings is 1. The predicted molar refractivity (Wildman–Crippen MR) is 120 cm³/mol. The van der Waals surface area contributed by atoms with Crippen LogP contribution in [0.15, 0.2) is 34.9 Å². The summed E-state index contributed by atoms with van der Waals surface area (Å²) in [6.45, 7) is 6.69. The van der Waals surface area contributed by atoms with Crippen LogP contribution in [0.4, 0.5) is 10.6 Å². The number of thiol groups is 1. The summed E-state index contributed by atoms with van der Waals surface area (Å²) in [5.41, 5.74) is 1.74. The first-order valence-electron chi connectivity index (χ1n) is 9.85. The maximum absolute atomic E-state index is 12.5. The number of hydrogen-bond donors (Lipinski definition) is 2. The van der Waals surface area contributed by atoms with E-state index in [9.17, 15) is 4.79 Å². The van der Waals surface area contributed by atoms with E-state index >= 15 is 0 Å². The number of carbonyl (C=O) groups excluding carboxylic acids is 1. The normalized spacial score (nSPS) is 15.0. The Kier molecular flexibility index (Phi) is 5.35. The number of nitrogens with zero attached hydrogens (tertiary/aromatic N) is 4. The molecular formula is C20H25N5O2SSi. The topological polar surface area (TPSA) is 84.2 Å². The van der Waals surface area contributed by atoms with Crippen molar-refractivity contribution in [3.8, 4) is 11.5 Å². The molecule has 152 valence electrons. The first kappa shape index (κ1) is 19.9. The Labute approximate surface area is 176 Å². The Hall–Kier alpha value is -2.39. The van der Waals surface area contributed by atoms with E-state index in [1.165, 1.54) is 4.31 Å². The number of anilines is 1. The highest BCUT2D eigenvalue weighted by Gasteiger charge is 2.25. The van der Waals surface area contributed by atoms with Gasteiger partial charge in [0.05, 0.1) is 11.6 Å². The highest BCUT2D eigenvalue weighted by atomic mass is 32.1. The third kappa shape index (κ3) is 4.30. The molecule has 0 radical (unpaired) electrons. The number of hydrogen-bond acceptors (Lipinski definition) is 6. The van der Waals surface area contributed by atoms with Crippen LogP contribution >= 0.6 is 12.8 Å². The number of pyridine rings is 1. The van der Waals surface area contributed by atoms with E-state index in [0.29, 0.717) is 28.4 Å². The third-order valence-corrected chi connectivity index (χ3v) is 7.37. The van der Waals surface area contributed by atoms with Crippen molar-refractivity contribution in [2.45, 2.75) is 51.4 Å². The molecule has 1 aliphatic rings. The second-order valence-corrected chi connectivity index (χ2v) is 13.8. The van der Waals surface area contributed by atoms with Gasteiger partial charge in [-0.25, -0.2) is 14.8 Å². The number of carbonyl (C=O) groups is 1. The average Bonchev–Trinajstić information content (AvgIpc) is 3.38. The lowest BCUT2D eigenvalue weighted by molar-refractivity contribution is 0.230. The van der Waals surface area contributed by atoms with Crippen LogP contribution in [0.25, 0.3) is 22.6 Å². The van der Waals surface area contributed by atoms with Crippen molar-refractivity contribution in [2.75, 3.05) is 5.32 Å². The fourth-order valence-corrected chi connectivity index (χ4v) is 4.73. The molecule has 3 aromatic heterocycles. The molecule has 2 amide bonds. The van der Waals surface area contributed by atoms with Gasteiger partial charge in [-0.1, -0.05) is 45.3 Å². The summed E-state index contributed by atoms with van der Waals surface area (Å²) in [5, 5.41) is 3.83. The van der Waals surface area contributed by atoms with Gasteiger partial charge in [-0.3, -0.25) is 14.6 Å². The molecule has 4 rings (SSSR count). The minimum Gasteiger partial charge on any atom is -0.465 e. The molecular weight excluding hydrogens is 402 g/mol. The summed E-state index contributed by atoms with van der Waals surface area (Å²) in [6.07, 6.45) is 5.92. The zero-order chi connectivity index (χ0) is 20.6. The minimum absolute atomic E-state index is 0.171. The summed E-state index contributed by atoms with van der Waals surface area (Å²) >= 11 is 4.37. The molecule has 1 saturated carbocycles. The van der Waals surface area contributed by atoms with Gasteiger partial charge in [0.2, 0.25) is 0 Å². The van der Waals surface area contributed by atoms with Gasteiger partial charge in [0, 0.05) is 6.04 Å². The van der Waals surface area contributed by atoms with Crippen molar-refractivity contribution in [3.05, 3.63) is 30.5 Å². The molecule has 7 nitrogen and oxygen atoms in total. The van der Waals surface area contributed by atoms with Gasteiger partial charge >= 0.3 is 6.03 Å². The van der Waals surface area contributed by atoms with E-state index in [4.69, 9.17) is 4.42 Å². The molecule has 29 heavy (non-hydrogen) atoms. The van der Waals surface area contributed by atoms with Crippen molar-refractivity contribution in [3.63, 3.8) is 0 Å². The maximum atomic E-state index is 12.5. The lowest BCUT2D eigenvalue weighted by atomic mass is 10.2. The van der Waals surface area contributed by atoms with Crippen molar-refractivity contribution >= 4 is 49.3 Å². The molecule has 0 saturated heterocycles. The quantitative estimate of drug-likeness (QED) is 0.475. The average molecular weight is 428 g/mol. The lowest BCUT2D eigenvalue weighted by Gasteiger charge is -2.22. The summed E-state index contributed by atoms with van der Waals surface area (Å²) < 4.78 is 7.49. The van der Waals surface area contributed by atoms with E-state index in [-0.39, 0.29) is 12.1 Å². The van der Waals surface area contributed by atoms with Gasteiger partial charge in [0.25, 0.3) is 0 Å². The van der Waals surface area contributed by atoms with Gasteiger partial charge in [0.1, 0.15) is 25.1 Å². The Morgan fingerprint density at radius 2 is 1.93 bits per heavy atom. The van der Waals surface area contributed by atoms with E-state index in [1.807, 2.05) is 12.1 Å². The Bertz CT molecular complexity index is 1040. The SMILES string of the molecule is C[Si](C)(C)c1ccc(-c2cnc3ccc(NC(=O)N(S)C4CCCC4)nc3n2)o1. The molecule has 0 aromatic carbocycles. The number of nitrogens with one attached hydrogen (secondary N) is 1. The maximum Gasteiger partial charge on any atom is 0.333 e. The van der Waals surface area contributed by atoms with Crippen molar-refractivity contribution in [1.82, 2.24) is 19.3 Å². The summed E-state index contributed by atoms with van der Waals surface area (Å²) in [4.78, 5) is 26.0. The summed E-state index contributed by atoms with van der Waals surface area (Å²) in [6, 6.07) is 7.35. The standard InChI is InChI=1S/C20H25N5O2SSi/c1-29(2,3)18-11-9-16(27-18)15-12-21-14-8-10-17(23-19(14)22-15)24-20(26)25(28)13-6-4-5-7-13/h8-13,28H,4-7H2,1-3H3,(H,22,23,24,26). The lowest BCUT2D eigenvalue weighted by Crippen LogP contribution is -2.36. The predicted octanol–water partition coefficient (Wildman–Crippen LogP) is 4.45. The number of fused-ring (bicyclic) bond motifs is 1.